The molecule has 0 saturated heterocycles. The maximum atomic E-state index is 5.64. The van der Waals surface area contributed by atoms with Gasteiger partial charge < -0.3 is 4.74 Å². The first-order valence-electron chi connectivity index (χ1n) is 3.19. The number of ether oxygens (including phenoxy) is 1. The number of hydrogen-bond acceptors (Lipinski definition) is 2. The van der Waals surface area contributed by atoms with E-state index in [0.29, 0.717) is 5.88 Å². The highest BCUT2D eigenvalue weighted by molar-refractivity contribution is 7.80. The lowest BCUT2D eigenvalue weighted by atomic mass is 10.2. The summed E-state index contributed by atoms with van der Waals surface area (Å²) in [5, 5.41) is 0. The zero-order valence-electron chi connectivity index (χ0n) is 6.17. The quantitative estimate of drug-likeness (QED) is 0.555. The second-order valence-corrected chi connectivity index (χ2v) is 2.88. The molecule has 0 aliphatic rings. The van der Waals surface area contributed by atoms with Crippen molar-refractivity contribution < 1.29 is 4.74 Å². The largest absolute Gasteiger partial charge is 0.497 e. The molecule has 60 valence electrons. The summed E-state index contributed by atoms with van der Waals surface area (Å²) in [6.45, 7) is 0. The van der Waals surface area contributed by atoms with E-state index in [2.05, 4.69) is 12.6 Å². The predicted molar refractivity (Wildman–Crippen MR) is 49.8 cm³/mol. The molecule has 0 unspecified atom stereocenters. The van der Waals surface area contributed by atoms with Crippen LogP contribution in [-0.4, -0.2) is 7.11 Å². The van der Waals surface area contributed by atoms with E-state index in [4.69, 9.17) is 16.3 Å². The Hall–Kier alpha value is -0.340. The van der Waals surface area contributed by atoms with Gasteiger partial charge in [0, 0.05) is 10.8 Å². The number of methoxy groups -OCH3 is 1. The first-order valence-corrected chi connectivity index (χ1v) is 4.18. The molecular formula is C8H9ClOS. The van der Waals surface area contributed by atoms with Crippen LogP contribution in [0.4, 0.5) is 0 Å². The summed E-state index contributed by atoms with van der Waals surface area (Å²) in [5.41, 5.74) is 1.02. The van der Waals surface area contributed by atoms with Crippen LogP contribution in [0.1, 0.15) is 5.56 Å². The molecule has 0 heterocycles. The number of benzene rings is 1. The predicted octanol–water partition coefficient (Wildman–Crippen LogP) is 2.72. The average molecular weight is 189 g/mol. The SMILES string of the molecule is COc1ccc(CCl)c(S)c1. The van der Waals surface area contributed by atoms with Gasteiger partial charge in [0.15, 0.2) is 0 Å². The van der Waals surface area contributed by atoms with Crippen molar-refractivity contribution in [2.45, 2.75) is 10.8 Å². The van der Waals surface area contributed by atoms with Gasteiger partial charge in [-0.05, 0) is 17.7 Å². The van der Waals surface area contributed by atoms with E-state index in [1.807, 2.05) is 18.2 Å². The summed E-state index contributed by atoms with van der Waals surface area (Å²) >= 11 is 9.88. The van der Waals surface area contributed by atoms with E-state index < -0.39 is 0 Å². The fourth-order valence-electron chi connectivity index (χ4n) is 0.784. The van der Waals surface area contributed by atoms with Gasteiger partial charge in [0.1, 0.15) is 5.75 Å². The Morgan fingerprint density at radius 1 is 1.55 bits per heavy atom. The highest BCUT2D eigenvalue weighted by atomic mass is 35.5. The van der Waals surface area contributed by atoms with Gasteiger partial charge in [-0.15, -0.1) is 24.2 Å². The van der Waals surface area contributed by atoms with Crippen molar-refractivity contribution >= 4 is 24.2 Å². The number of thiol groups is 1. The van der Waals surface area contributed by atoms with Gasteiger partial charge in [-0.25, -0.2) is 0 Å². The molecule has 0 N–H and O–H groups in total. The van der Waals surface area contributed by atoms with E-state index in [-0.39, 0.29) is 0 Å². The maximum absolute atomic E-state index is 5.64. The Morgan fingerprint density at radius 3 is 2.73 bits per heavy atom. The van der Waals surface area contributed by atoms with Crippen LogP contribution in [0.2, 0.25) is 0 Å². The van der Waals surface area contributed by atoms with Crippen molar-refractivity contribution in [1.82, 2.24) is 0 Å². The third-order valence-electron chi connectivity index (χ3n) is 1.44. The van der Waals surface area contributed by atoms with Crippen molar-refractivity contribution in [3.05, 3.63) is 23.8 Å². The molecule has 1 nitrogen and oxygen atoms in total. The number of halogens is 1. The van der Waals surface area contributed by atoms with Crippen LogP contribution in [0.15, 0.2) is 23.1 Å². The minimum atomic E-state index is 0.489. The van der Waals surface area contributed by atoms with Crippen LogP contribution in [0, 0.1) is 0 Å². The molecule has 0 aliphatic heterocycles. The lowest BCUT2D eigenvalue weighted by Crippen LogP contribution is -1.85. The van der Waals surface area contributed by atoms with Crippen molar-refractivity contribution in [3.63, 3.8) is 0 Å². The molecule has 0 amide bonds. The van der Waals surface area contributed by atoms with Crippen LogP contribution in [-0.2, 0) is 5.88 Å². The first-order chi connectivity index (χ1) is 5.27. The molecule has 0 bridgehead atoms. The summed E-state index contributed by atoms with van der Waals surface area (Å²) in [6.07, 6.45) is 0. The topological polar surface area (TPSA) is 9.23 Å². The van der Waals surface area contributed by atoms with Crippen LogP contribution >= 0.6 is 24.2 Å². The molecular weight excluding hydrogens is 180 g/mol. The van der Waals surface area contributed by atoms with Crippen molar-refractivity contribution in [1.29, 1.82) is 0 Å². The molecule has 0 atom stereocenters. The molecule has 0 spiro atoms. The normalized spacial score (nSPS) is 9.73. The van der Waals surface area contributed by atoms with Gasteiger partial charge in [-0.1, -0.05) is 6.07 Å². The Bertz CT molecular complexity index is 250. The summed E-state index contributed by atoms with van der Waals surface area (Å²) < 4.78 is 5.00. The molecule has 1 rings (SSSR count). The molecule has 0 saturated carbocycles. The third kappa shape index (κ3) is 2.04. The minimum absolute atomic E-state index is 0.489. The molecule has 0 radical (unpaired) electrons. The van der Waals surface area contributed by atoms with E-state index in [0.717, 1.165) is 16.2 Å². The molecule has 0 aromatic heterocycles. The zero-order valence-corrected chi connectivity index (χ0v) is 7.82. The Labute approximate surface area is 76.7 Å². The monoisotopic (exact) mass is 188 g/mol. The van der Waals surface area contributed by atoms with E-state index in [1.165, 1.54) is 0 Å². The second kappa shape index (κ2) is 3.88. The van der Waals surface area contributed by atoms with Gasteiger partial charge in [-0.3, -0.25) is 0 Å². The Kier molecular flexibility index (Phi) is 3.09. The van der Waals surface area contributed by atoms with E-state index in [1.54, 1.807) is 7.11 Å². The minimum Gasteiger partial charge on any atom is -0.497 e. The second-order valence-electron chi connectivity index (χ2n) is 2.13. The molecule has 1 aromatic carbocycles. The lowest BCUT2D eigenvalue weighted by molar-refractivity contribution is 0.413. The van der Waals surface area contributed by atoms with Crippen LogP contribution < -0.4 is 4.74 Å². The summed E-state index contributed by atoms with van der Waals surface area (Å²) in [4.78, 5) is 0.874. The highest BCUT2D eigenvalue weighted by Gasteiger charge is 1.98. The highest BCUT2D eigenvalue weighted by Crippen LogP contribution is 2.21. The fraction of sp³-hybridized carbons (Fsp3) is 0.250. The van der Waals surface area contributed by atoms with E-state index in [9.17, 15) is 0 Å². The van der Waals surface area contributed by atoms with Crippen molar-refractivity contribution in [2.24, 2.45) is 0 Å². The van der Waals surface area contributed by atoms with Gasteiger partial charge >= 0.3 is 0 Å². The van der Waals surface area contributed by atoms with Crippen LogP contribution in [0.5, 0.6) is 5.75 Å². The lowest BCUT2D eigenvalue weighted by Gasteiger charge is -2.03. The van der Waals surface area contributed by atoms with E-state index >= 15 is 0 Å². The molecule has 11 heavy (non-hydrogen) atoms. The standard InChI is InChI=1S/C8H9ClOS/c1-10-7-3-2-6(5-9)8(11)4-7/h2-4,11H,5H2,1H3. The van der Waals surface area contributed by atoms with Gasteiger partial charge in [-0.2, -0.15) is 0 Å². The molecule has 0 fully saturated rings. The molecule has 1 aromatic rings. The van der Waals surface area contributed by atoms with Crippen molar-refractivity contribution in [2.75, 3.05) is 7.11 Å². The maximum Gasteiger partial charge on any atom is 0.119 e. The summed E-state index contributed by atoms with van der Waals surface area (Å²) in [6, 6.07) is 5.63. The average Bonchev–Trinajstić information content (AvgIpc) is 2.04. The van der Waals surface area contributed by atoms with Crippen molar-refractivity contribution in [3.8, 4) is 5.75 Å². The first kappa shape index (κ1) is 8.75. The summed E-state index contributed by atoms with van der Waals surface area (Å²) in [7, 11) is 1.63. The number of alkyl halides is 1. The molecule has 3 heteroatoms. The van der Waals surface area contributed by atoms with Crippen LogP contribution in [0.25, 0.3) is 0 Å². The third-order valence-corrected chi connectivity index (χ3v) is 2.14. The van der Waals surface area contributed by atoms with Gasteiger partial charge in [0.2, 0.25) is 0 Å². The molecule has 0 aliphatic carbocycles. The van der Waals surface area contributed by atoms with Gasteiger partial charge in [0.05, 0.1) is 7.11 Å². The Balaban J connectivity index is 2.99. The van der Waals surface area contributed by atoms with Gasteiger partial charge in [0.25, 0.3) is 0 Å². The smallest absolute Gasteiger partial charge is 0.119 e. The number of rotatable bonds is 2. The fourth-order valence-corrected chi connectivity index (χ4v) is 1.39. The van der Waals surface area contributed by atoms with Crippen LogP contribution in [0.3, 0.4) is 0 Å². The zero-order chi connectivity index (χ0) is 8.27. The summed E-state index contributed by atoms with van der Waals surface area (Å²) in [5.74, 6) is 1.30. The Morgan fingerprint density at radius 2 is 2.27 bits per heavy atom. The number of hydrogen-bond donors (Lipinski definition) is 1.